The predicted octanol–water partition coefficient (Wildman–Crippen LogP) is 6.05. The third kappa shape index (κ3) is 4.49. The topological polar surface area (TPSA) is 56.1 Å². The molecule has 0 fully saturated rings. The number of nitrogens with zero attached hydrogens (tertiary/aromatic N) is 2. The van der Waals surface area contributed by atoms with Crippen LogP contribution in [0.5, 0.6) is 0 Å². The Morgan fingerprint density at radius 1 is 1.32 bits per heavy atom. The van der Waals surface area contributed by atoms with E-state index < -0.39 is 11.7 Å². The third-order valence-corrected chi connectivity index (χ3v) is 6.13. The normalized spacial score (nSPS) is 17.6. The second-order valence-electron chi connectivity index (χ2n) is 8.73. The number of carbonyl (C=O) groups is 1. The average Bonchev–Trinajstić information content (AvgIpc) is 2.72. The lowest BCUT2D eigenvalue weighted by molar-refractivity contribution is -0.112. The lowest BCUT2D eigenvalue weighted by Crippen LogP contribution is -2.48. The molecule has 1 aliphatic heterocycles. The van der Waals surface area contributed by atoms with Gasteiger partial charge in [0.25, 0.3) is 5.91 Å². The van der Waals surface area contributed by atoms with Crippen LogP contribution in [0.25, 0.3) is 6.08 Å². The molecule has 2 aromatic carbocycles. The minimum atomic E-state index is -0.537. The molecule has 1 aliphatic rings. The van der Waals surface area contributed by atoms with Crippen LogP contribution in [-0.2, 0) is 11.2 Å². The van der Waals surface area contributed by atoms with Crippen LogP contribution < -0.4 is 10.2 Å². The number of hydrogen-bond donors (Lipinski definition) is 1. The molecule has 162 valence electrons. The lowest BCUT2D eigenvalue weighted by atomic mass is 9.79. The molecule has 5 heteroatoms. The zero-order valence-corrected chi connectivity index (χ0v) is 18.9. The molecule has 0 saturated heterocycles. The molecular weight excluding hydrogens is 389 g/mol. The van der Waals surface area contributed by atoms with Crippen molar-refractivity contribution in [3.63, 3.8) is 0 Å². The van der Waals surface area contributed by atoms with Crippen LogP contribution in [0, 0.1) is 17.1 Å². The number of aryl methyl sites for hydroxylation is 1. The van der Waals surface area contributed by atoms with E-state index in [9.17, 15) is 10.1 Å². The Kier molecular flexibility index (Phi) is 6.50. The summed E-state index contributed by atoms with van der Waals surface area (Å²) in [7, 11) is 0. The number of carbonyl (C=O) groups excluding carboxylic acids is 1. The van der Waals surface area contributed by atoms with Gasteiger partial charge in [0.15, 0.2) is 0 Å². The fourth-order valence-electron chi connectivity index (χ4n) is 4.67. The van der Waals surface area contributed by atoms with Crippen molar-refractivity contribution in [1.29, 1.82) is 5.26 Å². The molecule has 2 aromatic rings. The van der Waals surface area contributed by atoms with E-state index in [1.54, 1.807) is 18.2 Å². The summed E-state index contributed by atoms with van der Waals surface area (Å²) in [5.41, 5.74) is 3.65. The lowest BCUT2D eigenvalue weighted by Gasteiger charge is -2.47. The van der Waals surface area contributed by atoms with Gasteiger partial charge in [-0.15, -0.1) is 0 Å². The highest BCUT2D eigenvalue weighted by atomic mass is 19.1. The zero-order valence-electron chi connectivity index (χ0n) is 18.9. The molecule has 1 unspecified atom stereocenters. The minimum Gasteiger partial charge on any atom is -0.366 e. The van der Waals surface area contributed by atoms with Crippen molar-refractivity contribution in [2.45, 2.75) is 58.9 Å². The number of nitriles is 1. The van der Waals surface area contributed by atoms with Crippen LogP contribution >= 0.6 is 0 Å². The highest BCUT2D eigenvalue weighted by molar-refractivity contribution is 6.10. The van der Waals surface area contributed by atoms with Crippen molar-refractivity contribution in [1.82, 2.24) is 0 Å². The predicted molar refractivity (Wildman–Crippen MR) is 125 cm³/mol. The molecule has 0 bridgehead atoms. The molecule has 1 N–H and O–H groups in total. The molecule has 0 aliphatic carbocycles. The second-order valence-corrected chi connectivity index (χ2v) is 8.73. The maximum Gasteiger partial charge on any atom is 0.266 e. The van der Waals surface area contributed by atoms with Gasteiger partial charge in [0.05, 0.1) is 0 Å². The first-order valence-electron chi connectivity index (χ1n) is 10.8. The van der Waals surface area contributed by atoms with Crippen LogP contribution in [0.4, 0.5) is 15.8 Å². The largest absolute Gasteiger partial charge is 0.366 e. The van der Waals surface area contributed by atoms with Crippen LogP contribution in [0.1, 0.15) is 63.6 Å². The van der Waals surface area contributed by atoms with Crippen molar-refractivity contribution < 1.29 is 9.18 Å². The van der Waals surface area contributed by atoms with Gasteiger partial charge in [-0.05, 0) is 74.9 Å². The fraction of sp³-hybridized carbons (Fsp3) is 0.385. The molecule has 0 saturated carbocycles. The van der Waals surface area contributed by atoms with Gasteiger partial charge in [-0.1, -0.05) is 32.0 Å². The molecule has 1 amide bonds. The van der Waals surface area contributed by atoms with Gasteiger partial charge < -0.3 is 10.2 Å². The molecular formula is C26H30FN3O. The summed E-state index contributed by atoms with van der Waals surface area (Å²) in [4.78, 5) is 15.0. The molecule has 4 nitrogen and oxygen atoms in total. The number of benzene rings is 2. The Morgan fingerprint density at radius 3 is 2.68 bits per heavy atom. The van der Waals surface area contributed by atoms with E-state index >= 15 is 4.39 Å². The monoisotopic (exact) mass is 419 g/mol. The van der Waals surface area contributed by atoms with Crippen molar-refractivity contribution in [3.05, 3.63) is 64.5 Å². The number of hydrogen-bond acceptors (Lipinski definition) is 3. The van der Waals surface area contributed by atoms with E-state index in [0.29, 0.717) is 5.69 Å². The Hall–Kier alpha value is -3.13. The Morgan fingerprint density at radius 2 is 2.03 bits per heavy atom. The van der Waals surface area contributed by atoms with Crippen molar-refractivity contribution in [2.24, 2.45) is 0 Å². The highest BCUT2D eigenvalue weighted by Gasteiger charge is 2.36. The van der Waals surface area contributed by atoms with Crippen molar-refractivity contribution in [2.75, 3.05) is 16.8 Å². The summed E-state index contributed by atoms with van der Waals surface area (Å²) in [5, 5.41) is 12.4. The van der Waals surface area contributed by atoms with E-state index in [1.165, 1.54) is 6.08 Å². The molecule has 31 heavy (non-hydrogen) atoms. The van der Waals surface area contributed by atoms with E-state index in [0.717, 1.165) is 36.2 Å². The van der Waals surface area contributed by atoms with Crippen LogP contribution in [0.15, 0.2) is 42.0 Å². The standard InChI is InChI=1S/C26H30FN3O/c1-6-18-10-8-9-11-23(18)29-25(31)20(16-28)12-19-13-21-17(3)15-26(4,5)30(7-2)24(21)14-22(19)27/h8-14,17H,6-7,15H2,1-5H3,(H,29,31)/b20-12+. The van der Waals surface area contributed by atoms with Crippen LogP contribution in [0.2, 0.25) is 0 Å². The first kappa shape index (κ1) is 22.6. The van der Waals surface area contributed by atoms with Gasteiger partial charge in [0.2, 0.25) is 0 Å². The maximum atomic E-state index is 15.1. The number of nitrogens with one attached hydrogen (secondary N) is 1. The van der Waals surface area contributed by atoms with Crippen molar-refractivity contribution in [3.8, 4) is 6.07 Å². The number of para-hydroxylation sites is 1. The van der Waals surface area contributed by atoms with Gasteiger partial charge in [-0.3, -0.25) is 4.79 Å². The molecule has 0 radical (unpaired) electrons. The number of amides is 1. The molecule has 0 spiro atoms. The Bertz CT molecular complexity index is 1060. The van der Waals surface area contributed by atoms with E-state index in [4.69, 9.17) is 0 Å². The summed E-state index contributed by atoms with van der Waals surface area (Å²) in [5.74, 6) is -0.724. The van der Waals surface area contributed by atoms with E-state index in [2.05, 4.69) is 37.9 Å². The molecule has 1 atom stereocenters. The van der Waals surface area contributed by atoms with Gasteiger partial charge in [0.1, 0.15) is 17.5 Å². The molecule has 0 aromatic heterocycles. The maximum absolute atomic E-state index is 15.1. The summed E-state index contributed by atoms with van der Waals surface area (Å²) >= 11 is 0. The third-order valence-electron chi connectivity index (χ3n) is 6.13. The van der Waals surface area contributed by atoms with Gasteiger partial charge in [-0.25, -0.2) is 4.39 Å². The van der Waals surface area contributed by atoms with E-state index in [-0.39, 0.29) is 22.6 Å². The summed E-state index contributed by atoms with van der Waals surface area (Å²) in [6.45, 7) is 11.3. The Labute approximate surface area is 184 Å². The SMILES string of the molecule is CCc1ccccc1NC(=O)/C(C#N)=C/c1cc2c(cc1F)N(CC)C(C)(C)CC2C. The summed E-state index contributed by atoms with van der Waals surface area (Å²) < 4.78 is 15.1. The second kappa shape index (κ2) is 8.93. The minimum absolute atomic E-state index is 0.0602. The average molecular weight is 420 g/mol. The fourth-order valence-corrected chi connectivity index (χ4v) is 4.67. The molecule has 1 heterocycles. The van der Waals surface area contributed by atoms with Crippen LogP contribution in [-0.4, -0.2) is 18.0 Å². The van der Waals surface area contributed by atoms with Gasteiger partial charge in [0, 0.05) is 29.0 Å². The number of anilines is 2. The van der Waals surface area contributed by atoms with Crippen LogP contribution in [0.3, 0.4) is 0 Å². The first-order chi connectivity index (χ1) is 14.7. The van der Waals surface area contributed by atoms with Crippen molar-refractivity contribution >= 4 is 23.4 Å². The summed E-state index contributed by atoms with van der Waals surface area (Å²) in [6, 6.07) is 12.7. The van der Waals surface area contributed by atoms with Gasteiger partial charge >= 0.3 is 0 Å². The van der Waals surface area contributed by atoms with Gasteiger partial charge in [-0.2, -0.15) is 5.26 Å². The highest BCUT2D eigenvalue weighted by Crippen LogP contribution is 2.44. The number of fused-ring (bicyclic) bond motifs is 1. The quantitative estimate of drug-likeness (QED) is 0.474. The smallest absolute Gasteiger partial charge is 0.266 e. The molecule has 3 rings (SSSR count). The van der Waals surface area contributed by atoms with E-state index in [1.807, 2.05) is 31.2 Å². The number of rotatable bonds is 5. The summed E-state index contributed by atoms with van der Waals surface area (Å²) in [6.07, 6.45) is 3.05. The first-order valence-corrected chi connectivity index (χ1v) is 10.8. The zero-order chi connectivity index (χ0) is 22.8. The Balaban J connectivity index is 1.98. The number of halogens is 1.